The Morgan fingerprint density at radius 1 is 1.23 bits per heavy atom. The Morgan fingerprint density at radius 3 is 2.54 bits per heavy atom. The molecule has 1 saturated heterocycles. The standard InChI is InChI=1S/C10H18N2O/c1-11-6-8-12(9-7-11)5-3-2-4-10-13/h2,4,10H,3,5-9H2,1H3/b4-2-. The predicted molar refractivity (Wildman–Crippen MR) is 53.8 cm³/mol. The van der Waals surface area contributed by atoms with Crippen LogP contribution in [0.2, 0.25) is 0 Å². The van der Waals surface area contributed by atoms with Gasteiger partial charge in [0, 0.05) is 32.7 Å². The highest BCUT2D eigenvalue weighted by Crippen LogP contribution is 1.99. The quantitative estimate of drug-likeness (QED) is 0.464. The van der Waals surface area contributed by atoms with Crippen molar-refractivity contribution in [3.63, 3.8) is 0 Å². The summed E-state index contributed by atoms with van der Waals surface area (Å²) in [6.45, 7) is 5.73. The topological polar surface area (TPSA) is 23.6 Å². The molecule has 3 nitrogen and oxygen atoms in total. The minimum absolute atomic E-state index is 0.837. The van der Waals surface area contributed by atoms with Crippen molar-refractivity contribution in [2.45, 2.75) is 6.42 Å². The highest BCUT2D eigenvalue weighted by Gasteiger charge is 2.11. The van der Waals surface area contributed by atoms with E-state index in [1.807, 2.05) is 6.08 Å². The maximum absolute atomic E-state index is 9.99. The average Bonchev–Trinajstić information content (AvgIpc) is 2.15. The predicted octanol–water partition coefficient (Wildman–Crippen LogP) is 0.379. The van der Waals surface area contributed by atoms with Crippen molar-refractivity contribution in [3.8, 4) is 0 Å². The third kappa shape index (κ3) is 4.20. The van der Waals surface area contributed by atoms with Crippen molar-refractivity contribution in [1.82, 2.24) is 9.80 Å². The molecule has 1 fully saturated rings. The van der Waals surface area contributed by atoms with Crippen molar-refractivity contribution in [3.05, 3.63) is 12.2 Å². The fourth-order valence-electron chi connectivity index (χ4n) is 1.48. The molecule has 0 aromatic carbocycles. The van der Waals surface area contributed by atoms with Crippen LogP contribution < -0.4 is 0 Å². The second kappa shape index (κ2) is 5.89. The third-order valence-corrected chi connectivity index (χ3v) is 2.42. The molecule has 0 spiro atoms. The van der Waals surface area contributed by atoms with Crippen molar-refractivity contribution < 1.29 is 4.79 Å². The minimum atomic E-state index is 0.837. The zero-order valence-electron chi connectivity index (χ0n) is 8.28. The van der Waals surface area contributed by atoms with Gasteiger partial charge in [-0.1, -0.05) is 6.08 Å². The first-order valence-electron chi connectivity index (χ1n) is 4.84. The van der Waals surface area contributed by atoms with E-state index in [0.717, 1.165) is 45.4 Å². The van der Waals surface area contributed by atoms with Crippen LogP contribution in [0.3, 0.4) is 0 Å². The molecule has 0 aromatic rings. The van der Waals surface area contributed by atoms with Crippen LogP contribution in [0.5, 0.6) is 0 Å². The smallest absolute Gasteiger partial charge is 0.142 e. The van der Waals surface area contributed by atoms with Crippen LogP contribution >= 0.6 is 0 Å². The normalized spacial score (nSPS) is 21.0. The van der Waals surface area contributed by atoms with Gasteiger partial charge in [0.15, 0.2) is 0 Å². The number of allylic oxidation sites excluding steroid dienone is 1. The van der Waals surface area contributed by atoms with E-state index in [4.69, 9.17) is 0 Å². The van der Waals surface area contributed by atoms with Crippen molar-refractivity contribution in [2.75, 3.05) is 39.8 Å². The Morgan fingerprint density at radius 2 is 1.92 bits per heavy atom. The lowest BCUT2D eigenvalue weighted by Crippen LogP contribution is -2.44. The summed E-state index contributed by atoms with van der Waals surface area (Å²) in [5, 5.41) is 0. The summed E-state index contributed by atoms with van der Waals surface area (Å²) in [6, 6.07) is 0. The number of hydrogen-bond donors (Lipinski definition) is 0. The summed E-state index contributed by atoms with van der Waals surface area (Å²) >= 11 is 0. The van der Waals surface area contributed by atoms with Gasteiger partial charge >= 0.3 is 0 Å². The number of nitrogens with zero attached hydrogens (tertiary/aromatic N) is 2. The first-order chi connectivity index (χ1) is 6.33. The lowest BCUT2D eigenvalue weighted by atomic mass is 10.3. The second-order valence-electron chi connectivity index (χ2n) is 3.50. The van der Waals surface area contributed by atoms with E-state index in [0.29, 0.717) is 0 Å². The van der Waals surface area contributed by atoms with Gasteiger partial charge in [0.05, 0.1) is 0 Å². The van der Waals surface area contributed by atoms with Gasteiger partial charge in [-0.2, -0.15) is 0 Å². The van der Waals surface area contributed by atoms with E-state index in [-0.39, 0.29) is 0 Å². The Balaban J connectivity index is 2.08. The number of carbonyl (C=O) groups is 1. The van der Waals surface area contributed by atoms with Gasteiger partial charge in [0.1, 0.15) is 6.29 Å². The van der Waals surface area contributed by atoms with Gasteiger partial charge in [-0.05, 0) is 19.5 Å². The Labute approximate surface area is 80.0 Å². The molecule has 1 rings (SSSR count). The molecule has 0 saturated carbocycles. The molecule has 1 heterocycles. The molecule has 0 radical (unpaired) electrons. The molecule has 0 N–H and O–H groups in total. The molecule has 0 amide bonds. The van der Waals surface area contributed by atoms with E-state index in [2.05, 4.69) is 16.8 Å². The summed E-state index contributed by atoms with van der Waals surface area (Å²) in [6.07, 6.45) is 5.34. The van der Waals surface area contributed by atoms with Gasteiger partial charge in [-0.15, -0.1) is 0 Å². The van der Waals surface area contributed by atoms with Crippen LogP contribution in [0.4, 0.5) is 0 Å². The maximum Gasteiger partial charge on any atom is 0.142 e. The number of carbonyl (C=O) groups excluding carboxylic acids is 1. The highest BCUT2D eigenvalue weighted by atomic mass is 16.1. The molecule has 74 valence electrons. The van der Waals surface area contributed by atoms with Crippen LogP contribution in [0.25, 0.3) is 0 Å². The molecular formula is C10H18N2O. The first-order valence-corrected chi connectivity index (χ1v) is 4.84. The average molecular weight is 182 g/mol. The van der Waals surface area contributed by atoms with Gasteiger partial charge in [0.25, 0.3) is 0 Å². The van der Waals surface area contributed by atoms with Crippen LogP contribution in [0, 0.1) is 0 Å². The summed E-state index contributed by atoms with van der Waals surface area (Å²) in [5.41, 5.74) is 0. The molecule has 13 heavy (non-hydrogen) atoms. The van der Waals surface area contributed by atoms with Gasteiger partial charge in [-0.25, -0.2) is 0 Å². The molecule has 1 aliphatic rings. The Bertz CT molecular complexity index is 172. The van der Waals surface area contributed by atoms with Gasteiger partial charge < -0.3 is 9.80 Å². The third-order valence-electron chi connectivity index (χ3n) is 2.42. The number of piperazine rings is 1. The van der Waals surface area contributed by atoms with Crippen LogP contribution in [0.15, 0.2) is 12.2 Å². The molecule has 0 unspecified atom stereocenters. The number of rotatable bonds is 4. The van der Waals surface area contributed by atoms with Crippen molar-refractivity contribution in [2.24, 2.45) is 0 Å². The Hall–Kier alpha value is -0.670. The molecule has 3 heteroatoms. The SMILES string of the molecule is CN1CCN(CC/C=C\C=O)CC1. The number of hydrogen-bond acceptors (Lipinski definition) is 3. The fourth-order valence-corrected chi connectivity index (χ4v) is 1.48. The minimum Gasteiger partial charge on any atom is -0.304 e. The zero-order valence-corrected chi connectivity index (χ0v) is 8.28. The lowest BCUT2D eigenvalue weighted by molar-refractivity contribution is -0.104. The van der Waals surface area contributed by atoms with E-state index in [1.165, 1.54) is 0 Å². The largest absolute Gasteiger partial charge is 0.304 e. The highest BCUT2D eigenvalue weighted by molar-refractivity contribution is 5.64. The molecule has 0 aliphatic carbocycles. The molecule has 1 aliphatic heterocycles. The molecule has 0 aromatic heterocycles. The molecule has 0 bridgehead atoms. The summed E-state index contributed by atoms with van der Waals surface area (Å²) in [4.78, 5) is 14.8. The summed E-state index contributed by atoms with van der Waals surface area (Å²) in [7, 11) is 2.16. The lowest BCUT2D eigenvalue weighted by Gasteiger charge is -2.31. The number of aldehydes is 1. The van der Waals surface area contributed by atoms with Crippen molar-refractivity contribution in [1.29, 1.82) is 0 Å². The van der Waals surface area contributed by atoms with E-state index in [1.54, 1.807) is 6.08 Å². The van der Waals surface area contributed by atoms with E-state index in [9.17, 15) is 4.79 Å². The van der Waals surface area contributed by atoms with Crippen LogP contribution in [-0.2, 0) is 4.79 Å². The van der Waals surface area contributed by atoms with Crippen molar-refractivity contribution >= 4 is 6.29 Å². The van der Waals surface area contributed by atoms with E-state index >= 15 is 0 Å². The fraction of sp³-hybridized carbons (Fsp3) is 0.700. The van der Waals surface area contributed by atoms with Gasteiger partial charge in [-0.3, -0.25) is 4.79 Å². The second-order valence-corrected chi connectivity index (χ2v) is 3.50. The first kappa shape index (κ1) is 10.4. The summed E-state index contributed by atoms with van der Waals surface area (Å²) in [5.74, 6) is 0. The van der Waals surface area contributed by atoms with Crippen LogP contribution in [-0.4, -0.2) is 55.9 Å². The Kier molecular flexibility index (Phi) is 4.72. The number of likely N-dealkylation sites (N-methyl/N-ethyl adjacent to an activating group) is 1. The summed E-state index contributed by atoms with van der Waals surface area (Å²) < 4.78 is 0. The van der Waals surface area contributed by atoms with Gasteiger partial charge in [0.2, 0.25) is 0 Å². The zero-order chi connectivity index (χ0) is 9.52. The monoisotopic (exact) mass is 182 g/mol. The van der Waals surface area contributed by atoms with Crippen LogP contribution in [0.1, 0.15) is 6.42 Å². The molecular weight excluding hydrogens is 164 g/mol. The maximum atomic E-state index is 9.99. The van der Waals surface area contributed by atoms with E-state index < -0.39 is 0 Å². The molecule has 0 atom stereocenters.